The van der Waals surface area contributed by atoms with Gasteiger partial charge in [-0.1, -0.05) is 36.4 Å². The van der Waals surface area contributed by atoms with Crippen LogP contribution in [0.1, 0.15) is 16.7 Å². The molecule has 0 aliphatic carbocycles. The predicted molar refractivity (Wildman–Crippen MR) is 74.7 cm³/mol. The molecule has 0 aromatic heterocycles. The van der Waals surface area contributed by atoms with Crippen molar-refractivity contribution in [2.24, 2.45) is 0 Å². The van der Waals surface area contributed by atoms with E-state index in [2.05, 4.69) is 48.6 Å². The number of ether oxygens (including phenoxy) is 1. The average molecular weight is 241 g/mol. The molecular weight excluding hydrogens is 222 g/mol. The Kier molecular flexibility index (Phi) is 4.37. The quantitative estimate of drug-likeness (QED) is 0.867. The van der Waals surface area contributed by atoms with E-state index in [0.717, 1.165) is 18.8 Å². The number of hydrogen-bond donors (Lipinski definition) is 1. The molecule has 2 aromatic carbocycles. The molecule has 2 nitrogen and oxygen atoms in total. The highest BCUT2D eigenvalue weighted by atomic mass is 16.5. The molecule has 0 amide bonds. The van der Waals surface area contributed by atoms with E-state index in [1.165, 1.54) is 16.7 Å². The first-order chi connectivity index (χ1) is 8.79. The molecule has 2 aromatic rings. The van der Waals surface area contributed by atoms with Crippen molar-refractivity contribution in [3.63, 3.8) is 0 Å². The summed E-state index contributed by atoms with van der Waals surface area (Å²) in [4.78, 5) is 0. The van der Waals surface area contributed by atoms with E-state index in [1.54, 1.807) is 7.11 Å². The first kappa shape index (κ1) is 12.7. The highest BCUT2D eigenvalue weighted by Crippen LogP contribution is 2.11. The molecular formula is C16H19NO. The summed E-state index contributed by atoms with van der Waals surface area (Å²) in [7, 11) is 1.69. The lowest BCUT2D eigenvalue weighted by Crippen LogP contribution is -2.13. The van der Waals surface area contributed by atoms with Crippen LogP contribution >= 0.6 is 0 Å². The van der Waals surface area contributed by atoms with Gasteiger partial charge < -0.3 is 10.1 Å². The first-order valence-corrected chi connectivity index (χ1v) is 6.18. The van der Waals surface area contributed by atoms with Crippen molar-refractivity contribution in [2.75, 3.05) is 7.11 Å². The molecule has 0 heterocycles. The lowest BCUT2D eigenvalue weighted by molar-refractivity contribution is 0.414. The molecule has 0 fully saturated rings. The molecule has 2 rings (SSSR count). The summed E-state index contributed by atoms with van der Waals surface area (Å²) in [6, 6.07) is 16.6. The van der Waals surface area contributed by atoms with Gasteiger partial charge >= 0.3 is 0 Å². The smallest absolute Gasteiger partial charge is 0.118 e. The Balaban J connectivity index is 1.86. The molecule has 0 saturated heterocycles. The zero-order chi connectivity index (χ0) is 12.8. The van der Waals surface area contributed by atoms with Crippen molar-refractivity contribution in [1.82, 2.24) is 5.32 Å². The van der Waals surface area contributed by atoms with Crippen molar-refractivity contribution >= 4 is 0 Å². The standard InChI is InChI=1S/C16H19NO/c1-13-5-3-4-6-15(13)12-17-11-14-7-9-16(18-2)10-8-14/h3-10,17H,11-12H2,1-2H3. The summed E-state index contributed by atoms with van der Waals surface area (Å²) in [6.07, 6.45) is 0. The summed E-state index contributed by atoms with van der Waals surface area (Å²) in [5, 5.41) is 3.46. The second kappa shape index (κ2) is 6.22. The van der Waals surface area contributed by atoms with Crippen LogP contribution < -0.4 is 10.1 Å². The van der Waals surface area contributed by atoms with E-state index in [0.29, 0.717) is 0 Å². The van der Waals surface area contributed by atoms with Crippen LogP contribution in [0.2, 0.25) is 0 Å². The monoisotopic (exact) mass is 241 g/mol. The minimum atomic E-state index is 0.873. The van der Waals surface area contributed by atoms with Crippen molar-refractivity contribution in [1.29, 1.82) is 0 Å². The minimum Gasteiger partial charge on any atom is -0.497 e. The molecule has 0 aliphatic rings. The van der Waals surface area contributed by atoms with Gasteiger partial charge in [0.1, 0.15) is 5.75 Å². The van der Waals surface area contributed by atoms with Crippen molar-refractivity contribution in [3.05, 3.63) is 65.2 Å². The fourth-order valence-electron chi connectivity index (χ4n) is 1.89. The lowest BCUT2D eigenvalue weighted by atomic mass is 10.1. The predicted octanol–water partition coefficient (Wildman–Crippen LogP) is 3.29. The Morgan fingerprint density at radius 2 is 1.67 bits per heavy atom. The van der Waals surface area contributed by atoms with Gasteiger partial charge in [-0.15, -0.1) is 0 Å². The summed E-state index contributed by atoms with van der Waals surface area (Å²) in [5.41, 5.74) is 3.95. The van der Waals surface area contributed by atoms with Crippen LogP contribution in [-0.2, 0) is 13.1 Å². The van der Waals surface area contributed by atoms with Gasteiger partial charge in [-0.2, -0.15) is 0 Å². The van der Waals surface area contributed by atoms with Gasteiger partial charge in [0, 0.05) is 13.1 Å². The van der Waals surface area contributed by atoms with Crippen LogP contribution in [-0.4, -0.2) is 7.11 Å². The highest BCUT2D eigenvalue weighted by molar-refractivity contribution is 5.28. The summed E-state index contributed by atoms with van der Waals surface area (Å²) in [5.74, 6) is 0.901. The number of aryl methyl sites for hydroxylation is 1. The zero-order valence-electron chi connectivity index (χ0n) is 10.9. The fraction of sp³-hybridized carbons (Fsp3) is 0.250. The van der Waals surface area contributed by atoms with Gasteiger partial charge in [0.05, 0.1) is 7.11 Å². The Morgan fingerprint density at radius 3 is 2.33 bits per heavy atom. The van der Waals surface area contributed by atoms with E-state index < -0.39 is 0 Å². The maximum atomic E-state index is 5.14. The second-order valence-electron chi connectivity index (χ2n) is 4.38. The molecule has 0 aliphatic heterocycles. The fourth-order valence-corrected chi connectivity index (χ4v) is 1.89. The first-order valence-electron chi connectivity index (χ1n) is 6.18. The molecule has 0 saturated carbocycles. The summed E-state index contributed by atoms with van der Waals surface area (Å²) < 4.78 is 5.14. The third-order valence-corrected chi connectivity index (χ3v) is 3.06. The lowest BCUT2D eigenvalue weighted by Gasteiger charge is -2.08. The SMILES string of the molecule is COc1ccc(CNCc2ccccc2C)cc1. The van der Waals surface area contributed by atoms with Crippen molar-refractivity contribution in [2.45, 2.75) is 20.0 Å². The van der Waals surface area contributed by atoms with Crippen LogP contribution in [0.4, 0.5) is 0 Å². The Bertz CT molecular complexity index is 491. The van der Waals surface area contributed by atoms with Gasteiger partial charge in [-0.25, -0.2) is 0 Å². The Labute approximate surface area is 109 Å². The molecule has 2 heteroatoms. The molecule has 0 atom stereocenters. The van der Waals surface area contributed by atoms with Gasteiger partial charge in [-0.05, 0) is 35.7 Å². The van der Waals surface area contributed by atoms with Crippen LogP contribution in [0.15, 0.2) is 48.5 Å². The van der Waals surface area contributed by atoms with E-state index >= 15 is 0 Å². The average Bonchev–Trinajstić information content (AvgIpc) is 2.42. The molecule has 18 heavy (non-hydrogen) atoms. The highest BCUT2D eigenvalue weighted by Gasteiger charge is 1.97. The minimum absolute atomic E-state index is 0.873. The third-order valence-electron chi connectivity index (χ3n) is 3.06. The second-order valence-corrected chi connectivity index (χ2v) is 4.38. The van der Waals surface area contributed by atoms with Crippen molar-refractivity contribution < 1.29 is 4.74 Å². The molecule has 0 radical (unpaired) electrons. The maximum Gasteiger partial charge on any atom is 0.118 e. The number of benzene rings is 2. The zero-order valence-corrected chi connectivity index (χ0v) is 10.9. The number of rotatable bonds is 5. The molecule has 1 N–H and O–H groups in total. The van der Waals surface area contributed by atoms with E-state index in [4.69, 9.17) is 4.74 Å². The summed E-state index contributed by atoms with van der Waals surface area (Å²) in [6.45, 7) is 3.92. The van der Waals surface area contributed by atoms with Gasteiger partial charge in [0.25, 0.3) is 0 Å². The maximum absolute atomic E-state index is 5.14. The van der Waals surface area contributed by atoms with Crippen LogP contribution in [0.25, 0.3) is 0 Å². The topological polar surface area (TPSA) is 21.3 Å². The van der Waals surface area contributed by atoms with Crippen LogP contribution in [0, 0.1) is 6.92 Å². The normalized spacial score (nSPS) is 10.3. The number of hydrogen-bond acceptors (Lipinski definition) is 2. The van der Waals surface area contributed by atoms with Gasteiger partial charge in [-0.3, -0.25) is 0 Å². The Hall–Kier alpha value is -1.80. The molecule has 0 unspecified atom stereocenters. The third kappa shape index (κ3) is 3.34. The van der Waals surface area contributed by atoms with Crippen LogP contribution in [0.5, 0.6) is 5.75 Å². The Morgan fingerprint density at radius 1 is 0.944 bits per heavy atom. The van der Waals surface area contributed by atoms with E-state index in [9.17, 15) is 0 Å². The van der Waals surface area contributed by atoms with Gasteiger partial charge in [0.15, 0.2) is 0 Å². The van der Waals surface area contributed by atoms with Gasteiger partial charge in [0.2, 0.25) is 0 Å². The van der Waals surface area contributed by atoms with Crippen LogP contribution in [0.3, 0.4) is 0 Å². The largest absolute Gasteiger partial charge is 0.497 e. The summed E-state index contributed by atoms with van der Waals surface area (Å²) >= 11 is 0. The van der Waals surface area contributed by atoms with E-state index in [-0.39, 0.29) is 0 Å². The molecule has 0 spiro atoms. The number of methoxy groups -OCH3 is 1. The number of nitrogens with one attached hydrogen (secondary N) is 1. The van der Waals surface area contributed by atoms with E-state index in [1.807, 2.05) is 12.1 Å². The molecule has 0 bridgehead atoms. The van der Waals surface area contributed by atoms with Crippen molar-refractivity contribution in [3.8, 4) is 5.75 Å². The molecule has 94 valence electrons.